The Labute approximate surface area is 155 Å². The maximum Gasteiger partial charge on any atom is 0.319 e. The van der Waals surface area contributed by atoms with E-state index in [-0.39, 0.29) is 23.4 Å². The van der Waals surface area contributed by atoms with Crippen LogP contribution in [0.4, 0.5) is 0 Å². The van der Waals surface area contributed by atoms with Gasteiger partial charge in [0.05, 0.1) is 11.3 Å². The van der Waals surface area contributed by atoms with E-state index in [1.165, 1.54) is 10.6 Å². The minimum absolute atomic E-state index is 0.0192. The lowest BCUT2D eigenvalue weighted by molar-refractivity contribution is 0.420. The number of aromatic nitrogens is 4. The van der Waals surface area contributed by atoms with Crippen LogP contribution in [0.25, 0.3) is 28.0 Å². The highest BCUT2D eigenvalue weighted by Crippen LogP contribution is 2.39. The number of hydrogen-bond donors (Lipinski definition) is 4. The third kappa shape index (κ3) is 2.77. The highest BCUT2D eigenvalue weighted by atomic mass is 16.3. The van der Waals surface area contributed by atoms with Gasteiger partial charge < -0.3 is 20.3 Å². The summed E-state index contributed by atoms with van der Waals surface area (Å²) < 4.78 is 1.47. The molecule has 4 rings (SSSR count). The highest BCUT2D eigenvalue weighted by molar-refractivity contribution is 5.83. The molecule has 0 saturated heterocycles. The van der Waals surface area contributed by atoms with Crippen LogP contribution < -0.4 is 0 Å². The summed E-state index contributed by atoms with van der Waals surface area (Å²) in [6, 6.07) is 10.4. The number of phenols is 2. The smallest absolute Gasteiger partial charge is 0.319 e. The Kier molecular flexibility index (Phi) is 3.80. The van der Waals surface area contributed by atoms with Crippen molar-refractivity contribution in [2.75, 3.05) is 0 Å². The van der Waals surface area contributed by atoms with Crippen molar-refractivity contribution in [3.8, 4) is 34.6 Å². The van der Waals surface area contributed by atoms with Crippen molar-refractivity contribution in [1.82, 2.24) is 19.7 Å². The minimum atomic E-state index is -0.282. The fraction of sp³-hybridized carbons (Fsp3) is 0.200. The largest absolute Gasteiger partial charge is 0.508 e. The molecule has 2 aromatic carbocycles. The lowest BCUT2D eigenvalue weighted by Crippen LogP contribution is -1.99. The van der Waals surface area contributed by atoms with E-state index in [1.54, 1.807) is 6.07 Å². The van der Waals surface area contributed by atoms with Crippen LogP contribution in [0.1, 0.15) is 31.0 Å². The van der Waals surface area contributed by atoms with Gasteiger partial charge in [-0.25, -0.2) is 4.57 Å². The SMILES string of the molecule is Cc1cc2cc(-n3c(O)nnc3-c3cc(C(C)C)c(O)cc3O)ccc2[nH]1. The first-order valence-electron chi connectivity index (χ1n) is 8.65. The fourth-order valence-corrected chi connectivity index (χ4v) is 3.33. The lowest BCUT2D eigenvalue weighted by atomic mass is 9.98. The predicted octanol–water partition coefficient (Wildman–Crippen LogP) is 3.96. The number of rotatable bonds is 3. The van der Waals surface area contributed by atoms with Crippen molar-refractivity contribution in [2.24, 2.45) is 0 Å². The van der Waals surface area contributed by atoms with E-state index < -0.39 is 0 Å². The molecule has 0 bridgehead atoms. The number of aryl methyl sites for hydroxylation is 1. The Hall–Kier alpha value is -3.48. The number of benzene rings is 2. The number of aromatic hydroxyl groups is 3. The lowest BCUT2D eigenvalue weighted by Gasteiger charge is -2.13. The van der Waals surface area contributed by atoms with Gasteiger partial charge in [0.1, 0.15) is 11.5 Å². The molecule has 2 aromatic heterocycles. The van der Waals surface area contributed by atoms with E-state index in [0.29, 0.717) is 22.6 Å². The zero-order valence-electron chi connectivity index (χ0n) is 15.2. The average molecular weight is 364 g/mol. The number of nitrogens with one attached hydrogen (secondary N) is 1. The van der Waals surface area contributed by atoms with Crippen molar-refractivity contribution >= 4 is 10.9 Å². The molecule has 0 atom stereocenters. The van der Waals surface area contributed by atoms with Gasteiger partial charge in [-0.1, -0.05) is 18.9 Å². The maximum atomic E-state index is 10.4. The summed E-state index contributed by atoms with van der Waals surface area (Å²) in [5, 5.41) is 39.6. The van der Waals surface area contributed by atoms with Crippen LogP contribution >= 0.6 is 0 Å². The molecule has 0 radical (unpaired) electrons. The van der Waals surface area contributed by atoms with Crippen LogP contribution in [0.2, 0.25) is 0 Å². The van der Waals surface area contributed by atoms with Gasteiger partial charge in [-0.2, -0.15) is 0 Å². The highest BCUT2D eigenvalue weighted by Gasteiger charge is 2.21. The first-order valence-corrected chi connectivity index (χ1v) is 8.65. The third-order valence-electron chi connectivity index (χ3n) is 4.65. The molecule has 4 N–H and O–H groups in total. The molecule has 0 amide bonds. The molecule has 2 heterocycles. The van der Waals surface area contributed by atoms with Gasteiger partial charge in [-0.3, -0.25) is 0 Å². The summed E-state index contributed by atoms with van der Waals surface area (Å²) in [5.41, 5.74) is 3.74. The summed E-state index contributed by atoms with van der Waals surface area (Å²) in [7, 11) is 0. The monoisotopic (exact) mass is 364 g/mol. The minimum Gasteiger partial charge on any atom is -0.508 e. The zero-order valence-corrected chi connectivity index (χ0v) is 15.2. The van der Waals surface area contributed by atoms with Gasteiger partial charge in [0.2, 0.25) is 0 Å². The summed E-state index contributed by atoms with van der Waals surface area (Å²) >= 11 is 0. The normalized spacial score (nSPS) is 11.6. The second-order valence-corrected chi connectivity index (χ2v) is 6.97. The molecule has 7 nitrogen and oxygen atoms in total. The van der Waals surface area contributed by atoms with Crippen molar-refractivity contribution < 1.29 is 15.3 Å². The van der Waals surface area contributed by atoms with Gasteiger partial charge in [-0.15, -0.1) is 5.10 Å². The van der Waals surface area contributed by atoms with Crippen LogP contribution in [0, 0.1) is 6.92 Å². The molecular weight excluding hydrogens is 344 g/mol. The molecule has 0 aliphatic heterocycles. The number of nitrogens with zero attached hydrogens (tertiary/aromatic N) is 3. The summed E-state index contributed by atoms with van der Waals surface area (Å²) in [6.07, 6.45) is 0. The molecule has 0 spiro atoms. The molecule has 138 valence electrons. The van der Waals surface area contributed by atoms with Crippen LogP contribution in [0.5, 0.6) is 17.5 Å². The predicted molar refractivity (Wildman–Crippen MR) is 102 cm³/mol. The molecule has 0 fully saturated rings. The molecule has 0 aliphatic rings. The van der Waals surface area contributed by atoms with Crippen LogP contribution in [-0.2, 0) is 0 Å². The fourth-order valence-electron chi connectivity index (χ4n) is 3.33. The van der Waals surface area contributed by atoms with Crippen molar-refractivity contribution in [3.63, 3.8) is 0 Å². The topological polar surface area (TPSA) is 107 Å². The number of H-pyrrole nitrogens is 1. The van der Waals surface area contributed by atoms with Crippen LogP contribution in [0.3, 0.4) is 0 Å². The van der Waals surface area contributed by atoms with Gasteiger partial charge in [-0.05, 0) is 48.7 Å². The molecule has 0 saturated carbocycles. The van der Waals surface area contributed by atoms with Crippen molar-refractivity contribution in [2.45, 2.75) is 26.7 Å². The Bertz CT molecular complexity index is 1160. The van der Waals surface area contributed by atoms with E-state index in [9.17, 15) is 15.3 Å². The summed E-state index contributed by atoms with van der Waals surface area (Å²) in [6.45, 7) is 5.86. The average Bonchev–Trinajstić information content (AvgIpc) is 3.15. The van der Waals surface area contributed by atoms with Crippen molar-refractivity contribution in [3.05, 3.63) is 47.7 Å². The number of aromatic amines is 1. The molecule has 0 aliphatic carbocycles. The number of fused-ring (bicyclic) bond motifs is 1. The second-order valence-electron chi connectivity index (χ2n) is 6.97. The summed E-state index contributed by atoms with van der Waals surface area (Å²) in [5.74, 6) is 0.224. The molecular formula is C20H20N4O3. The molecule has 27 heavy (non-hydrogen) atoms. The van der Waals surface area contributed by atoms with Crippen LogP contribution in [-0.4, -0.2) is 35.1 Å². The van der Waals surface area contributed by atoms with E-state index >= 15 is 0 Å². The first-order chi connectivity index (χ1) is 12.8. The Morgan fingerprint density at radius 2 is 1.74 bits per heavy atom. The van der Waals surface area contributed by atoms with E-state index in [2.05, 4.69) is 15.2 Å². The molecule has 0 unspecified atom stereocenters. The Morgan fingerprint density at radius 1 is 0.963 bits per heavy atom. The van der Waals surface area contributed by atoms with Gasteiger partial charge in [0.25, 0.3) is 0 Å². The Morgan fingerprint density at radius 3 is 2.48 bits per heavy atom. The van der Waals surface area contributed by atoms with Gasteiger partial charge >= 0.3 is 6.01 Å². The molecule has 7 heteroatoms. The van der Waals surface area contributed by atoms with Gasteiger partial charge in [0, 0.05) is 22.7 Å². The van der Waals surface area contributed by atoms with Crippen LogP contribution in [0.15, 0.2) is 36.4 Å². The maximum absolute atomic E-state index is 10.4. The van der Waals surface area contributed by atoms with E-state index in [0.717, 1.165) is 16.6 Å². The quantitative estimate of drug-likeness (QED) is 0.440. The first kappa shape index (κ1) is 17.0. The van der Waals surface area contributed by atoms with Crippen molar-refractivity contribution in [1.29, 1.82) is 0 Å². The Balaban J connectivity index is 1.93. The zero-order chi connectivity index (χ0) is 19.3. The molecule has 4 aromatic rings. The number of phenolic OH excluding ortho intramolecular Hbond substituents is 2. The van der Waals surface area contributed by atoms with E-state index in [4.69, 9.17) is 0 Å². The third-order valence-corrected chi connectivity index (χ3v) is 4.65. The number of hydrogen-bond acceptors (Lipinski definition) is 5. The van der Waals surface area contributed by atoms with Gasteiger partial charge in [0.15, 0.2) is 5.82 Å². The summed E-state index contributed by atoms with van der Waals surface area (Å²) in [4.78, 5) is 3.26. The second kappa shape index (κ2) is 6.05. The van der Waals surface area contributed by atoms with E-state index in [1.807, 2.05) is 45.0 Å². The standard InChI is InChI=1S/C20H20N4O3/c1-10(2)14-8-15(18(26)9-17(14)25)19-22-23-20(27)24(19)13-4-5-16-12(7-13)6-11(3)21-16/h4-10,21,25-26H,1-3H3,(H,23,27).